The summed E-state index contributed by atoms with van der Waals surface area (Å²) in [5.41, 5.74) is -1.02. The third-order valence-electron chi connectivity index (χ3n) is 4.92. The second-order valence-electron chi connectivity index (χ2n) is 6.60. The molecule has 120 valence electrons. The number of carbonyl (C=O) groups excluding carboxylic acids is 1. The number of carboxylic acid groups (broad SMARTS) is 1. The second-order valence-corrected chi connectivity index (χ2v) is 6.60. The lowest BCUT2D eigenvalue weighted by Gasteiger charge is -2.30. The van der Waals surface area contributed by atoms with Gasteiger partial charge in [-0.25, -0.2) is 4.79 Å². The van der Waals surface area contributed by atoms with Crippen LogP contribution in [0, 0.1) is 5.92 Å². The van der Waals surface area contributed by atoms with E-state index in [-0.39, 0.29) is 5.91 Å². The molecule has 1 saturated carbocycles. The van der Waals surface area contributed by atoms with Crippen molar-refractivity contribution in [2.24, 2.45) is 5.92 Å². The van der Waals surface area contributed by atoms with Crippen LogP contribution in [0.3, 0.4) is 0 Å². The van der Waals surface area contributed by atoms with Crippen molar-refractivity contribution in [1.82, 2.24) is 10.6 Å². The molecule has 0 bridgehead atoms. The third kappa shape index (κ3) is 4.70. The first-order valence-corrected chi connectivity index (χ1v) is 8.37. The second kappa shape index (κ2) is 7.78. The minimum atomic E-state index is -1.02. The predicted octanol–water partition coefficient (Wildman–Crippen LogP) is 2.06. The van der Waals surface area contributed by atoms with E-state index in [1.54, 1.807) is 0 Å². The molecule has 2 fully saturated rings. The summed E-state index contributed by atoms with van der Waals surface area (Å²) in [6.07, 6.45) is 8.69. The molecule has 0 aromatic carbocycles. The molecule has 0 radical (unpaired) electrons. The molecule has 5 heteroatoms. The Morgan fingerprint density at radius 2 is 1.86 bits per heavy atom. The van der Waals surface area contributed by atoms with Gasteiger partial charge in [0, 0.05) is 6.42 Å². The fourth-order valence-electron chi connectivity index (χ4n) is 3.56. The fraction of sp³-hybridized carbons (Fsp3) is 0.875. The summed E-state index contributed by atoms with van der Waals surface area (Å²) in [5.74, 6) is -0.402. The number of hydrogen-bond donors (Lipinski definition) is 3. The number of carbonyl (C=O) groups is 2. The van der Waals surface area contributed by atoms with E-state index in [0.29, 0.717) is 25.2 Å². The van der Waals surface area contributed by atoms with Gasteiger partial charge in [0.15, 0.2) is 0 Å². The van der Waals surface area contributed by atoms with Crippen molar-refractivity contribution in [3.8, 4) is 0 Å². The molecular weight excluding hydrogens is 268 g/mol. The van der Waals surface area contributed by atoms with Crippen LogP contribution in [0.15, 0.2) is 0 Å². The van der Waals surface area contributed by atoms with Gasteiger partial charge in [-0.2, -0.15) is 0 Å². The highest BCUT2D eigenvalue weighted by Crippen LogP contribution is 2.28. The Hall–Kier alpha value is -1.10. The van der Waals surface area contributed by atoms with Crippen molar-refractivity contribution in [1.29, 1.82) is 0 Å². The Kier molecular flexibility index (Phi) is 6.03. The molecule has 0 spiro atoms. The van der Waals surface area contributed by atoms with Crippen LogP contribution in [0.25, 0.3) is 0 Å². The molecule has 1 unspecified atom stereocenters. The smallest absolute Gasteiger partial charge is 0.329 e. The molecule has 2 rings (SSSR count). The van der Waals surface area contributed by atoms with Gasteiger partial charge in [-0.1, -0.05) is 25.7 Å². The molecule has 1 aliphatic heterocycles. The van der Waals surface area contributed by atoms with Crippen molar-refractivity contribution in [3.05, 3.63) is 0 Å². The number of rotatable bonds is 5. The zero-order chi connectivity index (χ0) is 15.1. The van der Waals surface area contributed by atoms with Crippen molar-refractivity contribution < 1.29 is 14.7 Å². The van der Waals surface area contributed by atoms with E-state index < -0.39 is 11.5 Å². The fourth-order valence-corrected chi connectivity index (χ4v) is 3.56. The molecule has 1 heterocycles. The molecule has 3 N–H and O–H groups in total. The van der Waals surface area contributed by atoms with Gasteiger partial charge in [0.2, 0.25) is 5.91 Å². The van der Waals surface area contributed by atoms with Crippen molar-refractivity contribution >= 4 is 11.9 Å². The average Bonchev–Trinajstić information content (AvgIpc) is 2.73. The maximum Gasteiger partial charge on any atom is 0.329 e. The molecule has 2 aliphatic rings. The van der Waals surface area contributed by atoms with Crippen molar-refractivity contribution in [2.75, 3.05) is 13.1 Å². The minimum Gasteiger partial charge on any atom is -0.480 e. The Morgan fingerprint density at radius 3 is 2.43 bits per heavy atom. The largest absolute Gasteiger partial charge is 0.480 e. The van der Waals surface area contributed by atoms with E-state index >= 15 is 0 Å². The van der Waals surface area contributed by atoms with Gasteiger partial charge in [0.05, 0.1) is 0 Å². The van der Waals surface area contributed by atoms with E-state index in [2.05, 4.69) is 10.6 Å². The van der Waals surface area contributed by atoms with Gasteiger partial charge in [-0.05, 0) is 51.1 Å². The number of amides is 1. The van der Waals surface area contributed by atoms with E-state index in [9.17, 15) is 14.7 Å². The van der Waals surface area contributed by atoms with Gasteiger partial charge in [0.1, 0.15) is 5.54 Å². The van der Waals surface area contributed by atoms with Gasteiger partial charge in [-0.3, -0.25) is 4.79 Å². The Morgan fingerprint density at radius 1 is 1.14 bits per heavy atom. The molecule has 1 atom stereocenters. The van der Waals surface area contributed by atoms with Crippen molar-refractivity contribution in [2.45, 2.75) is 69.7 Å². The molecule has 1 aliphatic carbocycles. The van der Waals surface area contributed by atoms with Crippen LogP contribution in [-0.4, -0.2) is 35.6 Å². The lowest BCUT2D eigenvalue weighted by molar-refractivity contribution is -0.148. The topological polar surface area (TPSA) is 78.4 Å². The van der Waals surface area contributed by atoms with Gasteiger partial charge < -0.3 is 15.7 Å². The number of carboxylic acids is 1. The van der Waals surface area contributed by atoms with Gasteiger partial charge in [-0.15, -0.1) is 0 Å². The van der Waals surface area contributed by atoms with Crippen LogP contribution in [0.5, 0.6) is 0 Å². The first-order valence-electron chi connectivity index (χ1n) is 8.37. The summed E-state index contributed by atoms with van der Waals surface area (Å²) in [4.78, 5) is 23.8. The van der Waals surface area contributed by atoms with E-state index in [1.165, 1.54) is 12.8 Å². The van der Waals surface area contributed by atoms with E-state index in [1.807, 2.05) is 0 Å². The lowest BCUT2D eigenvalue weighted by atomic mass is 9.89. The molecule has 1 saturated heterocycles. The maximum atomic E-state index is 12.2. The summed E-state index contributed by atoms with van der Waals surface area (Å²) >= 11 is 0. The van der Waals surface area contributed by atoms with Crippen LogP contribution in [0.2, 0.25) is 0 Å². The Labute approximate surface area is 126 Å². The SMILES string of the molecule is O=C(CCC1CCCNC1)NC1(C(=O)O)CCCCCC1. The Balaban J connectivity index is 1.84. The molecule has 1 amide bonds. The highest BCUT2D eigenvalue weighted by atomic mass is 16.4. The molecule has 21 heavy (non-hydrogen) atoms. The van der Waals surface area contributed by atoms with Crippen LogP contribution in [0.4, 0.5) is 0 Å². The summed E-state index contributed by atoms with van der Waals surface area (Å²) in [7, 11) is 0. The molecule has 5 nitrogen and oxygen atoms in total. The number of hydrogen-bond acceptors (Lipinski definition) is 3. The summed E-state index contributed by atoms with van der Waals surface area (Å²) in [6, 6.07) is 0. The zero-order valence-electron chi connectivity index (χ0n) is 12.8. The first-order chi connectivity index (χ1) is 10.1. The van der Waals surface area contributed by atoms with Gasteiger partial charge in [0.25, 0.3) is 0 Å². The van der Waals surface area contributed by atoms with Crippen LogP contribution in [-0.2, 0) is 9.59 Å². The minimum absolute atomic E-state index is 0.0927. The molecule has 0 aromatic rings. The lowest BCUT2D eigenvalue weighted by Crippen LogP contribution is -2.54. The maximum absolute atomic E-state index is 12.2. The van der Waals surface area contributed by atoms with Crippen LogP contribution >= 0.6 is 0 Å². The quantitative estimate of drug-likeness (QED) is 0.679. The first kappa shape index (κ1) is 16.3. The molecular formula is C16H28N2O3. The van der Waals surface area contributed by atoms with E-state index in [4.69, 9.17) is 0 Å². The van der Waals surface area contributed by atoms with Gasteiger partial charge >= 0.3 is 5.97 Å². The standard InChI is InChI=1S/C16H28N2O3/c19-14(8-7-13-6-5-11-17-12-13)18-16(15(20)21)9-3-1-2-4-10-16/h13,17H,1-12H2,(H,18,19)(H,20,21). The Bertz CT molecular complexity index is 357. The van der Waals surface area contributed by atoms with Crippen LogP contribution in [0.1, 0.15) is 64.2 Å². The third-order valence-corrected chi connectivity index (χ3v) is 4.92. The average molecular weight is 296 g/mol. The highest BCUT2D eigenvalue weighted by Gasteiger charge is 2.39. The monoisotopic (exact) mass is 296 g/mol. The highest BCUT2D eigenvalue weighted by molar-refractivity contribution is 5.87. The number of nitrogens with one attached hydrogen (secondary N) is 2. The molecule has 0 aromatic heterocycles. The summed E-state index contributed by atoms with van der Waals surface area (Å²) < 4.78 is 0. The number of piperidine rings is 1. The summed E-state index contributed by atoms with van der Waals surface area (Å²) in [6.45, 7) is 2.06. The normalized spacial score (nSPS) is 25.8. The van der Waals surface area contributed by atoms with Crippen molar-refractivity contribution in [3.63, 3.8) is 0 Å². The number of aliphatic carboxylic acids is 1. The van der Waals surface area contributed by atoms with E-state index in [0.717, 1.165) is 45.2 Å². The van der Waals surface area contributed by atoms with Crippen LogP contribution < -0.4 is 10.6 Å². The predicted molar refractivity (Wildman–Crippen MR) is 81.0 cm³/mol. The summed E-state index contributed by atoms with van der Waals surface area (Å²) in [5, 5.41) is 15.8. The zero-order valence-corrected chi connectivity index (χ0v) is 12.8.